The summed E-state index contributed by atoms with van der Waals surface area (Å²) in [5, 5.41) is 10.4. The second kappa shape index (κ2) is 4.99. The molecule has 0 aliphatic heterocycles. The summed E-state index contributed by atoms with van der Waals surface area (Å²) < 4.78 is 36.9. The van der Waals surface area contributed by atoms with Crippen LogP contribution >= 0.6 is 0 Å². The highest BCUT2D eigenvalue weighted by Gasteiger charge is 2.30. The molecular formula is C11H9F3N4. The van der Waals surface area contributed by atoms with Crippen LogP contribution in [-0.4, -0.2) is 15.2 Å². The van der Waals surface area contributed by atoms with Gasteiger partial charge in [0, 0.05) is 12.4 Å². The molecule has 0 fully saturated rings. The van der Waals surface area contributed by atoms with Crippen LogP contribution in [0.25, 0.3) is 0 Å². The van der Waals surface area contributed by atoms with Crippen LogP contribution in [0.5, 0.6) is 0 Å². The number of hydrogen-bond acceptors (Lipinski definition) is 4. The lowest BCUT2D eigenvalue weighted by molar-refractivity contribution is -0.137. The summed E-state index contributed by atoms with van der Waals surface area (Å²) in [6.07, 6.45) is -2.03. The number of nitrogens with zero attached hydrogens (tertiary/aromatic N) is 3. The summed E-state index contributed by atoms with van der Waals surface area (Å²) in [6, 6.07) is 5.74. The Labute approximate surface area is 101 Å². The van der Waals surface area contributed by atoms with Crippen LogP contribution in [0.15, 0.2) is 36.7 Å². The van der Waals surface area contributed by atoms with Gasteiger partial charge in [0.1, 0.15) is 5.82 Å². The molecular weight excluding hydrogens is 245 g/mol. The standard InChI is InChI=1S/C11H9F3N4/c12-11(13,14)8-3-4-10(15-6-8)16-7-9-2-1-5-17-18-9/h1-6H,7H2,(H,15,16). The van der Waals surface area contributed by atoms with E-state index < -0.39 is 11.7 Å². The van der Waals surface area contributed by atoms with E-state index in [-0.39, 0.29) is 0 Å². The van der Waals surface area contributed by atoms with Crippen molar-refractivity contribution < 1.29 is 13.2 Å². The van der Waals surface area contributed by atoms with Crippen molar-refractivity contribution in [3.8, 4) is 0 Å². The Hall–Kier alpha value is -2.18. The third kappa shape index (κ3) is 3.16. The smallest absolute Gasteiger partial charge is 0.364 e. The van der Waals surface area contributed by atoms with E-state index in [9.17, 15) is 13.2 Å². The molecule has 0 radical (unpaired) electrons. The van der Waals surface area contributed by atoms with Gasteiger partial charge in [0.15, 0.2) is 0 Å². The average Bonchev–Trinajstić information content (AvgIpc) is 2.37. The zero-order chi connectivity index (χ0) is 13.0. The molecule has 0 amide bonds. The van der Waals surface area contributed by atoms with Crippen molar-refractivity contribution in [1.29, 1.82) is 0 Å². The zero-order valence-corrected chi connectivity index (χ0v) is 9.15. The minimum Gasteiger partial charge on any atom is -0.364 e. The molecule has 94 valence electrons. The molecule has 0 saturated heterocycles. The van der Waals surface area contributed by atoms with Gasteiger partial charge in [-0.05, 0) is 24.3 Å². The predicted molar refractivity (Wildman–Crippen MR) is 58.6 cm³/mol. The van der Waals surface area contributed by atoms with Gasteiger partial charge in [-0.2, -0.15) is 23.4 Å². The molecule has 0 aliphatic carbocycles. The maximum Gasteiger partial charge on any atom is 0.417 e. The summed E-state index contributed by atoms with van der Waals surface area (Å²) >= 11 is 0. The van der Waals surface area contributed by atoms with E-state index in [1.54, 1.807) is 18.3 Å². The van der Waals surface area contributed by atoms with Gasteiger partial charge >= 0.3 is 6.18 Å². The number of pyridine rings is 1. The summed E-state index contributed by atoms with van der Waals surface area (Å²) in [6.45, 7) is 0.353. The lowest BCUT2D eigenvalue weighted by Gasteiger charge is -2.08. The molecule has 0 spiro atoms. The van der Waals surface area contributed by atoms with Crippen molar-refractivity contribution in [3.63, 3.8) is 0 Å². The molecule has 2 heterocycles. The number of hydrogen-bond donors (Lipinski definition) is 1. The normalized spacial score (nSPS) is 11.3. The van der Waals surface area contributed by atoms with Crippen LogP contribution in [0.1, 0.15) is 11.3 Å². The summed E-state index contributed by atoms with van der Waals surface area (Å²) in [5.41, 5.74) is -0.0910. The van der Waals surface area contributed by atoms with Gasteiger partial charge in [0.2, 0.25) is 0 Å². The minimum atomic E-state index is -4.36. The zero-order valence-electron chi connectivity index (χ0n) is 9.15. The molecule has 0 aromatic carbocycles. The third-order valence-electron chi connectivity index (χ3n) is 2.17. The van der Waals surface area contributed by atoms with Gasteiger partial charge in [-0.1, -0.05) is 0 Å². The lowest BCUT2D eigenvalue weighted by atomic mass is 10.3. The fourth-order valence-electron chi connectivity index (χ4n) is 1.27. The largest absolute Gasteiger partial charge is 0.417 e. The first-order chi connectivity index (χ1) is 8.55. The monoisotopic (exact) mass is 254 g/mol. The first kappa shape index (κ1) is 12.3. The predicted octanol–water partition coefficient (Wildman–Crippen LogP) is 2.50. The molecule has 2 rings (SSSR count). The van der Waals surface area contributed by atoms with E-state index in [0.29, 0.717) is 18.1 Å². The van der Waals surface area contributed by atoms with E-state index in [4.69, 9.17) is 0 Å². The maximum absolute atomic E-state index is 12.3. The van der Waals surface area contributed by atoms with Crippen LogP contribution in [0.4, 0.5) is 19.0 Å². The van der Waals surface area contributed by atoms with Crippen molar-refractivity contribution >= 4 is 5.82 Å². The van der Waals surface area contributed by atoms with Crippen LogP contribution in [0.2, 0.25) is 0 Å². The number of anilines is 1. The highest BCUT2D eigenvalue weighted by atomic mass is 19.4. The molecule has 0 saturated carbocycles. The molecule has 0 unspecified atom stereocenters. The van der Waals surface area contributed by atoms with Crippen LogP contribution < -0.4 is 5.32 Å². The number of aromatic nitrogens is 3. The van der Waals surface area contributed by atoms with Crippen molar-refractivity contribution in [3.05, 3.63) is 47.9 Å². The summed E-state index contributed by atoms with van der Waals surface area (Å²) in [4.78, 5) is 3.68. The molecule has 18 heavy (non-hydrogen) atoms. The van der Waals surface area contributed by atoms with Crippen LogP contribution in [0.3, 0.4) is 0 Å². The Morgan fingerprint density at radius 1 is 1.17 bits per heavy atom. The molecule has 4 nitrogen and oxygen atoms in total. The van der Waals surface area contributed by atoms with E-state index in [2.05, 4.69) is 20.5 Å². The van der Waals surface area contributed by atoms with Gasteiger partial charge in [-0.3, -0.25) is 0 Å². The van der Waals surface area contributed by atoms with Crippen molar-refractivity contribution in [2.75, 3.05) is 5.32 Å². The number of halogens is 3. The fourth-order valence-corrected chi connectivity index (χ4v) is 1.27. The molecule has 0 atom stereocenters. The molecule has 0 aliphatic rings. The Morgan fingerprint density at radius 2 is 2.00 bits per heavy atom. The second-order valence-electron chi connectivity index (χ2n) is 3.50. The van der Waals surface area contributed by atoms with Gasteiger partial charge in [0.05, 0.1) is 17.8 Å². The Morgan fingerprint density at radius 3 is 2.56 bits per heavy atom. The van der Waals surface area contributed by atoms with E-state index >= 15 is 0 Å². The van der Waals surface area contributed by atoms with Gasteiger partial charge in [-0.15, -0.1) is 0 Å². The lowest BCUT2D eigenvalue weighted by Crippen LogP contribution is -2.07. The van der Waals surface area contributed by atoms with Crippen molar-refractivity contribution in [2.45, 2.75) is 12.7 Å². The Bertz CT molecular complexity index is 496. The van der Waals surface area contributed by atoms with E-state index in [1.807, 2.05) is 0 Å². The highest BCUT2D eigenvalue weighted by molar-refractivity contribution is 5.36. The summed E-state index contributed by atoms with van der Waals surface area (Å²) in [5.74, 6) is 0.355. The van der Waals surface area contributed by atoms with Crippen molar-refractivity contribution in [1.82, 2.24) is 15.2 Å². The maximum atomic E-state index is 12.3. The Balaban J connectivity index is 1.99. The first-order valence-corrected chi connectivity index (χ1v) is 5.09. The average molecular weight is 254 g/mol. The molecule has 2 aromatic heterocycles. The quantitative estimate of drug-likeness (QED) is 0.914. The number of nitrogens with one attached hydrogen (secondary N) is 1. The van der Waals surface area contributed by atoms with Crippen molar-refractivity contribution in [2.24, 2.45) is 0 Å². The topological polar surface area (TPSA) is 50.7 Å². The third-order valence-corrected chi connectivity index (χ3v) is 2.17. The number of rotatable bonds is 3. The second-order valence-corrected chi connectivity index (χ2v) is 3.50. The van der Waals surface area contributed by atoms with E-state index in [0.717, 1.165) is 12.3 Å². The van der Waals surface area contributed by atoms with Crippen LogP contribution in [-0.2, 0) is 12.7 Å². The van der Waals surface area contributed by atoms with Crippen LogP contribution in [0, 0.1) is 0 Å². The van der Waals surface area contributed by atoms with Gasteiger partial charge in [0.25, 0.3) is 0 Å². The summed E-state index contributed by atoms with van der Waals surface area (Å²) in [7, 11) is 0. The van der Waals surface area contributed by atoms with Gasteiger partial charge in [-0.25, -0.2) is 4.98 Å². The SMILES string of the molecule is FC(F)(F)c1ccc(NCc2cccnn2)nc1. The first-order valence-electron chi connectivity index (χ1n) is 5.09. The Kier molecular flexibility index (Phi) is 3.40. The molecule has 0 bridgehead atoms. The van der Waals surface area contributed by atoms with E-state index in [1.165, 1.54) is 6.07 Å². The van der Waals surface area contributed by atoms with Gasteiger partial charge < -0.3 is 5.32 Å². The molecule has 7 heteroatoms. The molecule has 1 N–H and O–H groups in total. The minimum absolute atomic E-state index is 0.353. The number of alkyl halides is 3. The molecule has 2 aromatic rings. The fraction of sp³-hybridized carbons (Fsp3) is 0.182. The highest BCUT2D eigenvalue weighted by Crippen LogP contribution is 2.28.